The Labute approximate surface area is 169 Å². The molecule has 9 heteroatoms. The molecular weight excluding hydrogens is 412 g/mol. The van der Waals surface area contributed by atoms with Crippen molar-refractivity contribution in [3.63, 3.8) is 0 Å². The van der Waals surface area contributed by atoms with Crippen LogP contribution in [0.3, 0.4) is 0 Å². The minimum absolute atomic E-state index is 0.0544. The molecule has 2 aromatic rings. The Kier molecular flexibility index (Phi) is 5.51. The van der Waals surface area contributed by atoms with Gasteiger partial charge in [0.15, 0.2) is 0 Å². The number of hydrogen-bond acceptors (Lipinski definition) is 2. The van der Waals surface area contributed by atoms with Gasteiger partial charge in [-0.3, -0.25) is 4.90 Å². The molecule has 30 heavy (non-hydrogen) atoms. The Bertz CT molecular complexity index is 935. The molecule has 1 aliphatic rings. The second kappa shape index (κ2) is 7.52. The molecule has 0 N–H and O–H groups in total. The monoisotopic (exact) mass is 431 g/mol. The van der Waals surface area contributed by atoms with Crippen molar-refractivity contribution in [2.45, 2.75) is 51.8 Å². The summed E-state index contributed by atoms with van der Waals surface area (Å²) in [5.74, 6) is 0. The molecule has 0 spiro atoms. The Hall–Kier alpha value is -2.71. The van der Waals surface area contributed by atoms with E-state index < -0.39 is 41.7 Å². The number of ether oxygens (including phenoxy) is 1. The average Bonchev–Trinajstić information content (AvgIpc) is 2.91. The summed E-state index contributed by atoms with van der Waals surface area (Å²) in [4.78, 5) is 13.7. The summed E-state index contributed by atoms with van der Waals surface area (Å²) < 4.78 is 84.1. The SMILES string of the molecule is Cc1ccc(C)c(CN2C(=O)OC(c3cc(C(F)(F)F)cc(C(F)(F)F)c3)C2C)c1. The van der Waals surface area contributed by atoms with Gasteiger partial charge in [0.05, 0.1) is 17.2 Å². The van der Waals surface area contributed by atoms with E-state index in [2.05, 4.69) is 0 Å². The van der Waals surface area contributed by atoms with Crippen LogP contribution in [0.4, 0.5) is 31.1 Å². The van der Waals surface area contributed by atoms with Gasteiger partial charge in [-0.1, -0.05) is 23.8 Å². The topological polar surface area (TPSA) is 29.5 Å². The van der Waals surface area contributed by atoms with Gasteiger partial charge in [0, 0.05) is 6.54 Å². The van der Waals surface area contributed by atoms with Gasteiger partial charge in [-0.25, -0.2) is 4.79 Å². The van der Waals surface area contributed by atoms with Gasteiger partial charge < -0.3 is 4.74 Å². The van der Waals surface area contributed by atoms with E-state index in [0.29, 0.717) is 12.1 Å². The maximum Gasteiger partial charge on any atom is 0.416 e. The van der Waals surface area contributed by atoms with Crippen LogP contribution < -0.4 is 0 Å². The number of carbonyl (C=O) groups excluding carboxylic acids is 1. The minimum atomic E-state index is -4.97. The van der Waals surface area contributed by atoms with Crippen LogP contribution in [-0.4, -0.2) is 17.0 Å². The molecule has 0 aromatic heterocycles. The first-order valence-electron chi connectivity index (χ1n) is 9.10. The number of amides is 1. The smallest absolute Gasteiger partial charge is 0.416 e. The third kappa shape index (κ3) is 4.39. The highest BCUT2D eigenvalue weighted by molar-refractivity contribution is 5.71. The number of hydrogen-bond donors (Lipinski definition) is 0. The zero-order valence-electron chi connectivity index (χ0n) is 16.4. The fourth-order valence-electron chi connectivity index (χ4n) is 3.46. The third-order valence-corrected chi connectivity index (χ3v) is 5.18. The lowest BCUT2D eigenvalue weighted by atomic mass is 9.97. The van der Waals surface area contributed by atoms with E-state index >= 15 is 0 Å². The molecular formula is C21H19F6NO2. The predicted octanol–water partition coefficient (Wildman–Crippen LogP) is 6.42. The van der Waals surface area contributed by atoms with E-state index in [-0.39, 0.29) is 18.2 Å². The fourth-order valence-corrected chi connectivity index (χ4v) is 3.46. The van der Waals surface area contributed by atoms with Crippen LogP contribution >= 0.6 is 0 Å². The minimum Gasteiger partial charge on any atom is -0.439 e. The van der Waals surface area contributed by atoms with Crippen molar-refractivity contribution in [3.05, 3.63) is 69.8 Å². The lowest BCUT2D eigenvalue weighted by Gasteiger charge is -2.23. The van der Waals surface area contributed by atoms with E-state index in [1.165, 1.54) is 11.8 Å². The molecule has 1 aliphatic heterocycles. The Morgan fingerprint density at radius 2 is 1.50 bits per heavy atom. The quantitative estimate of drug-likeness (QED) is 0.525. The van der Waals surface area contributed by atoms with E-state index in [0.717, 1.165) is 16.7 Å². The summed E-state index contributed by atoms with van der Waals surface area (Å²) >= 11 is 0. The number of rotatable bonds is 3. The maximum atomic E-state index is 13.2. The maximum absolute atomic E-state index is 13.2. The van der Waals surface area contributed by atoms with Crippen molar-refractivity contribution >= 4 is 6.09 Å². The highest BCUT2D eigenvalue weighted by Gasteiger charge is 2.43. The van der Waals surface area contributed by atoms with Gasteiger partial charge in [0.25, 0.3) is 0 Å². The van der Waals surface area contributed by atoms with Gasteiger partial charge in [0.2, 0.25) is 0 Å². The third-order valence-electron chi connectivity index (χ3n) is 5.18. The summed E-state index contributed by atoms with van der Waals surface area (Å²) in [5, 5.41) is 0. The number of cyclic esters (lactones) is 1. The lowest BCUT2D eigenvalue weighted by molar-refractivity contribution is -0.143. The van der Waals surface area contributed by atoms with Gasteiger partial charge in [-0.05, 0) is 55.7 Å². The van der Waals surface area contributed by atoms with Gasteiger partial charge in [-0.2, -0.15) is 26.3 Å². The van der Waals surface area contributed by atoms with E-state index in [9.17, 15) is 31.1 Å². The van der Waals surface area contributed by atoms with Crippen LogP contribution in [0.15, 0.2) is 36.4 Å². The molecule has 1 saturated heterocycles. The molecule has 0 saturated carbocycles. The zero-order valence-corrected chi connectivity index (χ0v) is 16.4. The molecule has 162 valence electrons. The lowest BCUT2D eigenvalue weighted by Crippen LogP contribution is -2.31. The summed E-state index contributed by atoms with van der Waals surface area (Å²) in [5.41, 5.74) is -0.546. The Morgan fingerprint density at radius 3 is 2.03 bits per heavy atom. The molecule has 0 aliphatic carbocycles. The highest BCUT2D eigenvalue weighted by atomic mass is 19.4. The van der Waals surface area contributed by atoms with Crippen molar-refractivity contribution in [2.75, 3.05) is 0 Å². The van der Waals surface area contributed by atoms with Crippen LogP contribution in [0.2, 0.25) is 0 Å². The molecule has 2 unspecified atom stereocenters. The molecule has 1 heterocycles. The largest absolute Gasteiger partial charge is 0.439 e. The van der Waals surface area contributed by atoms with E-state index in [4.69, 9.17) is 4.74 Å². The first-order chi connectivity index (χ1) is 13.8. The molecule has 3 nitrogen and oxygen atoms in total. The molecule has 2 atom stereocenters. The Balaban J connectivity index is 1.97. The number of alkyl halides is 6. The van der Waals surface area contributed by atoms with Gasteiger partial charge in [-0.15, -0.1) is 0 Å². The normalized spacial score (nSPS) is 19.9. The second-order valence-electron chi connectivity index (χ2n) is 7.44. The number of halogens is 6. The number of aryl methyl sites for hydroxylation is 2. The highest BCUT2D eigenvalue weighted by Crippen LogP contribution is 2.41. The van der Waals surface area contributed by atoms with E-state index in [1.807, 2.05) is 32.0 Å². The van der Waals surface area contributed by atoms with Gasteiger partial charge in [0.1, 0.15) is 6.10 Å². The molecule has 1 fully saturated rings. The Morgan fingerprint density at radius 1 is 0.933 bits per heavy atom. The standard InChI is InChI=1S/C21H19F6NO2/c1-11-4-5-12(2)15(6-11)10-28-13(3)18(30-19(28)29)14-7-16(20(22,23)24)9-17(8-14)21(25,26)27/h4-9,13,18H,10H2,1-3H3. The summed E-state index contributed by atoms with van der Waals surface area (Å²) in [6.45, 7) is 5.39. The van der Waals surface area contributed by atoms with Crippen LogP contribution in [0.5, 0.6) is 0 Å². The first-order valence-corrected chi connectivity index (χ1v) is 9.10. The average molecular weight is 431 g/mol. The van der Waals surface area contributed by atoms with Crippen LogP contribution in [0, 0.1) is 13.8 Å². The number of benzene rings is 2. The van der Waals surface area contributed by atoms with E-state index in [1.54, 1.807) is 0 Å². The van der Waals surface area contributed by atoms with Crippen LogP contribution in [0.1, 0.15) is 46.4 Å². The van der Waals surface area contributed by atoms with Crippen LogP contribution in [0.25, 0.3) is 0 Å². The van der Waals surface area contributed by atoms with Gasteiger partial charge >= 0.3 is 18.4 Å². The second-order valence-corrected chi connectivity index (χ2v) is 7.44. The zero-order chi connectivity index (χ0) is 22.4. The summed E-state index contributed by atoms with van der Waals surface area (Å²) in [6, 6.07) is 6.14. The van der Waals surface area contributed by atoms with Crippen LogP contribution in [-0.2, 0) is 23.6 Å². The fraction of sp³-hybridized carbons (Fsp3) is 0.381. The van der Waals surface area contributed by atoms with Crippen molar-refractivity contribution in [3.8, 4) is 0 Å². The summed E-state index contributed by atoms with van der Waals surface area (Å²) in [6.07, 6.45) is -12.0. The first kappa shape index (κ1) is 22.0. The summed E-state index contributed by atoms with van der Waals surface area (Å²) in [7, 11) is 0. The molecule has 0 bridgehead atoms. The number of carbonyl (C=O) groups is 1. The number of nitrogens with zero attached hydrogens (tertiary/aromatic N) is 1. The van der Waals surface area contributed by atoms with Crippen molar-refractivity contribution < 1.29 is 35.9 Å². The van der Waals surface area contributed by atoms with Crippen molar-refractivity contribution in [1.82, 2.24) is 4.90 Å². The molecule has 1 amide bonds. The van der Waals surface area contributed by atoms with Crippen molar-refractivity contribution in [2.24, 2.45) is 0 Å². The molecule has 3 rings (SSSR count). The molecule has 0 radical (unpaired) electrons. The predicted molar refractivity (Wildman–Crippen MR) is 96.6 cm³/mol. The van der Waals surface area contributed by atoms with Crippen molar-refractivity contribution in [1.29, 1.82) is 0 Å². The molecule has 2 aromatic carbocycles.